The van der Waals surface area contributed by atoms with Crippen LogP contribution in [0.4, 0.5) is 18.9 Å². The number of carbonyl (C=O) groups is 1. The summed E-state index contributed by atoms with van der Waals surface area (Å²) in [6, 6.07) is 3.27. The minimum atomic E-state index is -4.37. The van der Waals surface area contributed by atoms with Crippen molar-refractivity contribution in [2.45, 2.75) is 38.4 Å². The Hall–Kier alpha value is -1.99. The van der Waals surface area contributed by atoms with Gasteiger partial charge in [-0.1, -0.05) is 6.92 Å². The smallest absolute Gasteiger partial charge is 0.422 e. The summed E-state index contributed by atoms with van der Waals surface area (Å²) in [6.45, 7) is 1.92. The lowest BCUT2D eigenvalue weighted by molar-refractivity contribution is -0.154. The van der Waals surface area contributed by atoms with E-state index in [2.05, 4.69) is 15.0 Å². The number of rotatable bonds is 5. The van der Waals surface area contributed by atoms with Gasteiger partial charge in [0.25, 0.3) is 0 Å². The molecular formula is C15H20F3N3O2. The Balaban J connectivity index is 1.79. The third-order valence-corrected chi connectivity index (χ3v) is 3.64. The molecule has 23 heavy (non-hydrogen) atoms. The second kappa shape index (κ2) is 7.52. The molecule has 0 spiro atoms. The normalized spacial score (nSPS) is 16.3. The third kappa shape index (κ3) is 5.61. The van der Waals surface area contributed by atoms with Gasteiger partial charge in [0.1, 0.15) is 0 Å². The van der Waals surface area contributed by atoms with Crippen LogP contribution in [0.2, 0.25) is 0 Å². The molecule has 1 amide bonds. The maximum Gasteiger partial charge on any atom is 0.422 e. The lowest BCUT2D eigenvalue weighted by Crippen LogP contribution is -2.42. The zero-order valence-electron chi connectivity index (χ0n) is 12.9. The first kappa shape index (κ1) is 17.4. The first-order valence-electron chi connectivity index (χ1n) is 7.57. The summed E-state index contributed by atoms with van der Waals surface area (Å²) >= 11 is 0. The van der Waals surface area contributed by atoms with Crippen LogP contribution >= 0.6 is 0 Å². The predicted molar refractivity (Wildman–Crippen MR) is 79.3 cm³/mol. The number of nitrogens with zero attached hydrogens (tertiary/aromatic N) is 2. The number of alkyl halides is 3. The van der Waals surface area contributed by atoms with Gasteiger partial charge in [0.05, 0.1) is 11.9 Å². The number of anilines is 1. The molecule has 1 aromatic heterocycles. The van der Waals surface area contributed by atoms with Crippen molar-refractivity contribution in [3.63, 3.8) is 0 Å². The second-order valence-corrected chi connectivity index (χ2v) is 5.44. The van der Waals surface area contributed by atoms with Gasteiger partial charge in [0.2, 0.25) is 11.8 Å². The highest BCUT2D eigenvalue weighted by molar-refractivity contribution is 5.75. The van der Waals surface area contributed by atoms with Crippen LogP contribution in [0.3, 0.4) is 0 Å². The number of pyridine rings is 1. The Morgan fingerprint density at radius 2 is 2.09 bits per heavy atom. The molecule has 1 aliphatic rings. The van der Waals surface area contributed by atoms with Crippen molar-refractivity contribution in [3.8, 4) is 5.88 Å². The van der Waals surface area contributed by atoms with Gasteiger partial charge in [-0.25, -0.2) is 4.98 Å². The highest BCUT2D eigenvalue weighted by Crippen LogP contribution is 2.20. The van der Waals surface area contributed by atoms with Gasteiger partial charge in [-0.2, -0.15) is 13.2 Å². The molecule has 1 fully saturated rings. The number of aromatic nitrogens is 1. The molecule has 0 aromatic carbocycles. The van der Waals surface area contributed by atoms with E-state index in [9.17, 15) is 18.0 Å². The van der Waals surface area contributed by atoms with Crippen LogP contribution in [-0.4, -0.2) is 47.7 Å². The van der Waals surface area contributed by atoms with E-state index in [-0.39, 0.29) is 17.8 Å². The maximum atomic E-state index is 12.1. The molecule has 0 saturated carbocycles. The Bertz CT molecular complexity index is 512. The molecule has 8 heteroatoms. The molecule has 0 aliphatic carbocycles. The molecule has 2 rings (SSSR count). The minimum absolute atomic E-state index is 0.0590. The van der Waals surface area contributed by atoms with E-state index in [1.54, 1.807) is 6.07 Å². The summed E-state index contributed by atoms with van der Waals surface area (Å²) in [5.74, 6) is 0.104. The molecule has 0 bridgehead atoms. The van der Waals surface area contributed by atoms with Crippen LogP contribution in [-0.2, 0) is 4.79 Å². The van der Waals surface area contributed by atoms with Crippen molar-refractivity contribution >= 4 is 11.6 Å². The fourth-order valence-electron chi connectivity index (χ4n) is 2.44. The maximum absolute atomic E-state index is 12.1. The number of halogens is 3. The topological polar surface area (TPSA) is 54.5 Å². The predicted octanol–water partition coefficient (Wildman–Crippen LogP) is 2.84. The van der Waals surface area contributed by atoms with E-state index >= 15 is 0 Å². The van der Waals surface area contributed by atoms with Crippen molar-refractivity contribution in [1.82, 2.24) is 9.88 Å². The van der Waals surface area contributed by atoms with Crippen LogP contribution in [0.5, 0.6) is 5.88 Å². The number of amides is 1. The highest BCUT2D eigenvalue weighted by atomic mass is 19.4. The Morgan fingerprint density at radius 1 is 1.39 bits per heavy atom. The number of likely N-dealkylation sites (tertiary alicyclic amines) is 1. The third-order valence-electron chi connectivity index (χ3n) is 3.64. The molecule has 1 saturated heterocycles. The Labute approximate surface area is 132 Å². The zero-order chi connectivity index (χ0) is 16.9. The van der Waals surface area contributed by atoms with E-state index in [1.807, 2.05) is 11.8 Å². The number of hydrogen-bond acceptors (Lipinski definition) is 4. The number of piperidine rings is 1. The first-order chi connectivity index (χ1) is 10.9. The average molecular weight is 331 g/mol. The summed E-state index contributed by atoms with van der Waals surface area (Å²) in [6.07, 6.45) is -0.741. The standard InChI is InChI=1S/C15H20F3N3O2/c1-2-14(22)21-7-5-11(6-8-21)20-12-3-4-13(19-9-12)23-10-15(16,17)18/h3-4,9,11,20H,2,5-8,10H2,1H3. The van der Waals surface area contributed by atoms with Gasteiger partial charge in [-0.3, -0.25) is 4.79 Å². The van der Waals surface area contributed by atoms with Gasteiger partial charge >= 0.3 is 6.18 Å². The average Bonchev–Trinajstić information content (AvgIpc) is 2.53. The number of hydrogen-bond donors (Lipinski definition) is 1. The lowest BCUT2D eigenvalue weighted by Gasteiger charge is -2.32. The van der Waals surface area contributed by atoms with Gasteiger partial charge < -0.3 is 15.0 Å². The van der Waals surface area contributed by atoms with Crippen LogP contribution in [0.25, 0.3) is 0 Å². The molecule has 5 nitrogen and oxygen atoms in total. The molecule has 1 N–H and O–H groups in total. The van der Waals surface area contributed by atoms with Crippen LogP contribution < -0.4 is 10.1 Å². The summed E-state index contributed by atoms with van der Waals surface area (Å²) < 4.78 is 40.7. The Kier molecular flexibility index (Phi) is 5.68. The molecular weight excluding hydrogens is 311 g/mol. The molecule has 0 radical (unpaired) electrons. The fraction of sp³-hybridized carbons (Fsp3) is 0.600. The van der Waals surface area contributed by atoms with Gasteiger partial charge in [0.15, 0.2) is 6.61 Å². The largest absolute Gasteiger partial charge is 0.468 e. The van der Waals surface area contributed by atoms with E-state index in [1.165, 1.54) is 12.3 Å². The molecule has 0 atom stereocenters. The number of carbonyl (C=O) groups excluding carboxylic acids is 1. The number of nitrogens with one attached hydrogen (secondary N) is 1. The molecule has 128 valence electrons. The van der Waals surface area contributed by atoms with Crippen molar-refractivity contribution in [1.29, 1.82) is 0 Å². The van der Waals surface area contributed by atoms with Crippen molar-refractivity contribution < 1.29 is 22.7 Å². The summed E-state index contributed by atoms with van der Waals surface area (Å²) in [4.78, 5) is 17.3. The van der Waals surface area contributed by atoms with Gasteiger partial charge in [-0.05, 0) is 18.9 Å². The van der Waals surface area contributed by atoms with Gasteiger partial charge in [-0.15, -0.1) is 0 Å². The SMILES string of the molecule is CCC(=O)N1CCC(Nc2ccc(OCC(F)(F)F)nc2)CC1. The first-order valence-corrected chi connectivity index (χ1v) is 7.57. The number of ether oxygens (including phenoxy) is 1. The second-order valence-electron chi connectivity index (χ2n) is 5.44. The van der Waals surface area contributed by atoms with Gasteiger partial charge in [0, 0.05) is 31.6 Å². The molecule has 2 heterocycles. The monoisotopic (exact) mass is 331 g/mol. The van der Waals surface area contributed by atoms with Crippen LogP contribution in [0.15, 0.2) is 18.3 Å². The fourth-order valence-corrected chi connectivity index (χ4v) is 2.44. The Morgan fingerprint density at radius 3 is 2.61 bits per heavy atom. The van der Waals surface area contributed by atoms with Crippen molar-refractivity contribution in [2.24, 2.45) is 0 Å². The quantitative estimate of drug-likeness (QED) is 0.901. The zero-order valence-corrected chi connectivity index (χ0v) is 12.9. The van der Waals surface area contributed by atoms with Crippen LogP contribution in [0, 0.1) is 0 Å². The van der Waals surface area contributed by atoms with Crippen molar-refractivity contribution in [2.75, 3.05) is 25.0 Å². The highest BCUT2D eigenvalue weighted by Gasteiger charge is 2.28. The van der Waals surface area contributed by atoms with E-state index in [4.69, 9.17) is 0 Å². The molecule has 1 aromatic rings. The summed E-state index contributed by atoms with van der Waals surface area (Å²) in [5, 5.41) is 3.28. The van der Waals surface area contributed by atoms with E-state index in [0.29, 0.717) is 19.5 Å². The van der Waals surface area contributed by atoms with E-state index < -0.39 is 12.8 Å². The van der Waals surface area contributed by atoms with E-state index in [0.717, 1.165) is 18.5 Å². The molecule has 1 aliphatic heterocycles. The summed E-state index contributed by atoms with van der Waals surface area (Å²) in [7, 11) is 0. The van der Waals surface area contributed by atoms with Crippen LogP contribution in [0.1, 0.15) is 26.2 Å². The lowest BCUT2D eigenvalue weighted by atomic mass is 10.0. The van der Waals surface area contributed by atoms with Crippen molar-refractivity contribution in [3.05, 3.63) is 18.3 Å². The summed E-state index contributed by atoms with van der Waals surface area (Å²) in [5.41, 5.74) is 0.727. The minimum Gasteiger partial charge on any atom is -0.468 e. The molecule has 0 unspecified atom stereocenters.